The van der Waals surface area contributed by atoms with Gasteiger partial charge in [-0.3, -0.25) is 0 Å². The van der Waals surface area contributed by atoms with Crippen molar-refractivity contribution in [1.82, 2.24) is 4.98 Å². The van der Waals surface area contributed by atoms with Crippen LogP contribution >= 0.6 is 23.2 Å². The Hall–Kier alpha value is -0.990. The highest BCUT2D eigenvalue weighted by molar-refractivity contribution is 6.32. The van der Waals surface area contributed by atoms with Crippen LogP contribution in [0.15, 0.2) is 18.2 Å². The number of benzene rings is 1. The molecule has 2 nitrogen and oxygen atoms in total. The zero-order chi connectivity index (χ0) is 13.0. The van der Waals surface area contributed by atoms with E-state index in [1.165, 1.54) is 0 Å². The number of aryl methyl sites for hydroxylation is 1. The number of fused-ring (bicyclic) bond motifs is 1. The molecule has 0 saturated carbocycles. The number of methoxy groups -OCH3 is 1. The third-order valence-corrected chi connectivity index (χ3v) is 2.81. The molecule has 0 unspecified atom stereocenters. The monoisotopic (exact) mass is 271 g/mol. The molecule has 0 fully saturated rings. The van der Waals surface area contributed by atoms with E-state index >= 15 is 0 Å². The summed E-state index contributed by atoms with van der Waals surface area (Å²) in [5.41, 5.74) is 1.76. The van der Waals surface area contributed by atoms with Crippen molar-refractivity contribution in [2.24, 2.45) is 0 Å². The van der Waals surface area contributed by atoms with Crippen LogP contribution in [-0.4, -0.2) is 12.1 Å². The van der Waals surface area contributed by atoms with E-state index in [1.807, 2.05) is 32.9 Å². The number of halogens is 2. The molecular formula is C13H15Cl2NO. The molecule has 92 valence electrons. The van der Waals surface area contributed by atoms with E-state index in [0.717, 1.165) is 16.5 Å². The van der Waals surface area contributed by atoms with Gasteiger partial charge in [0.05, 0.1) is 12.6 Å². The van der Waals surface area contributed by atoms with Gasteiger partial charge in [-0.05, 0) is 19.1 Å². The van der Waals surface area contributed by atoms with E-state index < -0.39 is 0 Å². The molecular weight excluding hydrogens is 257 g/mol. The van der Waals surface area contributed by atoms with Crippen molar-refractivity contribution in [1.29, 1.82) is 0 Å². The Kier molecular flexibility index (Phi) is 5.03. The van der Waals surface area contributed by atoms with Crippen molar-refractivity contribution in [3.05, 3.63) is 33.9 Å². The van der Waals surface area contributed by atoms with Crippen molar-refractivity contribution in [2.45, 2.75) is 20.8 Å². The van der Waals surface area contributed by atoms with E-state index in [4.69, 9.17) is 27.9 Å². The number of ether oxygens (including phenoxy) is 1. The highest BCUT2D eigenvalue weighted by Gasteiger charge is 2.10. The molecule has 0 amide bonds. The summed E-state index contributed by atoms with van der Waals surface area (Å²) in [7, 11) is 1.58. The van der Waals surface area contributed by atoms with Gasteiger partial charge in [0.1, 0.15) is 0 Å². The average Bonchev–Trinajstić information content (AvgIpc) is 2.31. The maximum Gasteiger partial charge on any atom is 0.171 e. The summed E-state index contributed by atoms with van der Waals surface area (Å²) in [6.07, 6.45) is 0. The standard InChI is InChI=1S/C11H9Cl2NO.C2H6/c1-6-8-4-3-7(12)5-9(8)14-11(13)10(6)15-2;1-2/h3-5H,1-2H3;1-2H3. The number of aromatic nitrogens is 1. The fourth-order valence-corrected chi connectivity index (χ4v) is 2.06. The number of nitrogens with zero attached hydrogens (tertiary/aromatic N) is 1. The summed E-state index contributed by atoms with van der Waals surface area (Å²) in [6.45, 7) is 5.95. The van der Waals surface area contributed by atoms with Crippen LogP contribution in [-0.2, 0) is 0 Å². The van der Waals surface area contributed by atoms with Crippen molar-refractivity contribution >= 4 is 34.1 Å². The van der Waals surface area contributed by atoms with E-state index in [-0.39, 0.29) is 0 Å². The van der Waals surface area contributed by atoms with Gasteiger partial charge in [0, 0.05) is 16.0 Å². The van der Waals surface area contributed by atoms with Gasteiger partial charge in [-0.2, -0.15) is 0 Å². The fourth-order valence-electron chi connectivity index (χ4n) is 1.59. The van der Waals surface area contributed by atoms with Gasteiger partial charge < -0.3 is 4.74 Å². The summed E-state index contributed by atoms with van der Waals surface area (Å²) in [5.74, 6) is 0.617. The van der Waals surface area contributed by atoms with Gasteiger partial charge in [0.25, 0.3) is 0 Å². The first-order chi connectivity index (χ1) is 8.13. The van der Waals surface area contributed by atoms with Gasteiger partial charge in [0.15, 0.2) is 10.9 Å². The smallest absolute Gasteiger partial charge is 0.171 e. The number of pyridine rings is 1. The molecule has 4 heteroatoms. The summed E-state index contributed by atoms with van der Waals surface area (Å²) in [5, 5.41) is 2.01. The van der Waals surface area contributed by atoms with Crippen LogP contribution in [0.4, 0.5) is 0 Å². The zero-order valence-corrected chi connectivity index (χ0v) is 11.9. The molecule has 0 aliphatic heterocycles. The third kappa shape index (κ3) is 2.82. The first kappa shape index (κ1) is 14.1. The van der Waals surface area contributed by atoms with Crippen LogP contribution in [0.2, 0.25) is 10.2 Å². The number of rotatable bonds is 1. The summed E-state index contributed by atoms with van der Waals surface area (Å²) in [4.78, 5) is 4.22. The quantitative estimate of drug-likeness (QED) is 0.690. The maximum absolute atomic E-state index is 5.98. The summed E-state index contributed by atoms with van der Waals surface area (Å²) in [6, 6.07) is 5.53. The molecule has 2 aromatic rings. The topological polar surface area (TPSA) is 22.1 Å². The lowest BCUT2D eigenvalue weighted by atomic mass is 10.1. The molecule has 1 aromatic heterocycles. The fraction of sp³-hybridized carbons (Fsp3) is 0.308. The Morgan fingerprint density at radius 3 is 2.41 bits per heavy atom. The van der Waals surface area contributed by atoms with Crippen LogP contribution in [0.1, 0.15) is 19.4 Å². The Labute approximate surface area is 112 Å². The van der Waals surface area contributed by atoms with Gasteiger partial charge in [-0.1, -0.05) is 43.1 Å². The van der Waals surface area contributed by atoms with Gasteiger partial charge in [-0.15, -0.1) is 0 Å². The highest BCUT2D eigenvalue weighted by atomic mass is 35.5. The average molecular weight is 272 g/mol. The molecule has 0 radical (unpaired) electrons. The van der Waals surface area contributed by atoms with Crippen LogP contribution in [0.5, 0.6) is 5.75 Å². The van der Waals surface area contributed by atoms with Crippen molar-refractivity contribution in [3.8, 4) is 5.75 Å². The second-order valence-electron chi connectivity index (χ2n) is 3.22. The first-order valence-electron chi connectivity index (χ1n) is 5.43. The minimum absolute atomic E-state index is 0.366. The molecule has 0 aliphatic rings. The molecule has 0 spiro atoms. The van der Waals surface area contributed by atoms with Gasteiger partial charge in [0.2, 0.25) is 0 Å². The van der Waals surface area contributed by atoms with Crippen LogP contribution < -0.4 is 4.74 Å². The second kappa shape index (κ2) is 6.08. The Morgan fingerprint density at radius 1 is 1.18 bits per heavy atom. The van der Waals surface area contributed by atoms with E-state index in [0.29, 0.717) is 15.9 Å². The molecule has 0 N–H and O–H groups in total. The van der Waals surface area contributed by atoms with Crippen LogP contribution in [0.25, 0.3) is 10.9 Å². The first-order valence-corrected chi connectivity index (χ1v) is 6.18. The Bertz CT molecular complexity index is 526. The molecule has 0 atom stereocenters. The molecule has 17 heavy (non-hydrogen) atoms. The van der Waals surface area contributed by atoms with Crippen molar-refractivity contribution in [3.63, 3.8) is 0 Å². The van der Waals surface area contributed by atoms with Crippen molar-refractivity contribution in [2.75, 3.05) is 7.11 Å². The van der Waals surface area contributed by atoms with Gasteiger partial charge in [-0.25, -0.2) is 4.98 Å². The SMILES string of the molecule is CC.COc1c(Cl)nc2cc(Cl)ccc2c1C. The molecule has 1 aromatic carbocycles. The molecule has 0 bridgehead atoms. The molecule has 2 rings (SSSR count). The lowest BCUT2D eigenvalue weighted by Crippen LogP contribution is -1.93. The lowest BCUT2D eigenvalue weighted by Gasteiger charge is -2.09. The lowest BCUT2D eigenvalue weighted by molar-refractivity contribution is 0.411. The summed E-state index contributed by atoms with van der Waals surface area (Å²) < 4.78 is 5.19. The van der Waals surface area contributed by atoms with E-state index in [9.17, 15) is 0 Å². The largest absolute Gasteiger partial charge is 0.493 e. The normalized spacial score (nSPS) is 9.76. The van der Waals surface area contributed by atoms with E-state index in [2.05, 4.69) is 4.98 Å². The Balaban J connectivity index is 0.000000686. The maximum atomic E-state index is 5.98. The molecule has 0 aliphatic carbocycles. The number of hydrogen-bond acceptors (Lipinski definition) is 2. The summed E-state index contributed by atoms with van der Waals surface area (Å²) >= 11 is 11.9. The zero-order valence-electron chi connectivity index (χ0n) is 10.3. The molecule has 0 saturated heterocycles. The number of hydrogen-bond donors (Lipinski definition) is 0. The van der Waals surface area contributed by atoms with E-state index in [1.54, 1.807) is 13.2 Å². The Morgan fingerprint density at radius 2 is 1.82 bits per heavy atom. The van der Waals surface area contributed by atoms with Gasteiger partial charge >= 0.3 is 0 Å². The molecule has 1 heterocycles. The minimum atomic E-state index is 0.366. The predicted molar refractivity (Wildman–Crippen MR) is 74.4 cm³/mol. The predicted octanol–water partition coefficient (Wildman–Crippen LogP) is 4.88. The van der Waals surface area contributed by atoms with Crippen LogP contribution in [0.3, 0.4) is 0 Å². The van der Waals surface area contributed by atoms with Crippen LogP contribution in [0, 0.1) is 6.92 Å². The third-order valence-electron chi connectivity index (χ3n) is 2.31. The minimum Gasteiger partial charge on any atom is -0.493 e. The second-order valence-corrected chi connectivity index (χ2v) is 4.02. The van der Waals surface area contributed by atoms with Crippen molar-refractivity contribution < 1.29 is 4.74 Å². The highest BCUT2D eigenvalue weighted by Crippen LogP contribution is 2.32.